The summed E-state index contributed by atoms with van der Waals surface area (Å²) in [5, 5.41) is 40.9. The summed E-state index contributed by atoms with van der Waals surface area (Å²) in [7, 11) is 0. The lowest BCUT2D eigenvalue weighted by Gasteiger charge is -2.32. The largest absolute Gasteiger partial charge is 0.481 e. The number of rotatable bonds is 14. The molecule has 3 amide bonds. The summed E-state index contributed by atoms with van der Waals surface area (Å²) < 4.78 is 0. The Kier molecular flexibility index (Phi) is 16.2. The van der Waals surface area contributed by atoms with E-state index in [2.05, 4.69) is 5.32 Å². The molecule has 0 aliphatic carbocycles. The quantitative estimate of drug-likeness (QED) is 0.150. The number of hydrogen-bond acceptors (Lipinski definition) is 10. The molecule has 2 unspecified atom stereocenters. The Balaban J connectivity index is 2.11. The third-order valence-corrected chi connectivity index (χ3v) is 7.94. The number of amides is 3. The van der Waals surface area contributed by atoms with Gasteiger partial charge in [0.05, 0.1) is 13.1 Å². The molecule has 0 saturated carbocycles. The SMILES string of the molecule is O=C(O)CC1CCCCN(C(CCC(=O)NCCN2C(=O)C=CC2=O)C(=O)O)CCN(CC(=O)O)CCN(CC(=O)O)CCC1. The molecule has 0 aromatic carbocycles. The third kappa shape index (κ3) is 14.6. The van der Waals surface area contributed by atoms with Gasteiger partial charge in [0.25, 0.3) is 11.8 Å². The number of carboxylic acids is 4. The molecule has 45 heavy (non-hydrogen) atoms. The molecule has 252 valence electrons. The Hall–Kier alpha value is -3.89. The molecule has 16 heteroatoms. The molecule has 2 heterocycles. The van der Waals surface area contributed by atoms with E-state index in [9.17, 15) is 54.0 Å². The van der Waals surface area contributed by atoms with Crippen LogP contribution >= 0.6 is 0 Å². The molecule has 0 radical (unpaired) electrons. The maximum absolute atomic E-state index is 12.5. The van der Waals surface area contributed by atoms with Crippen LogP contribution in [0.5, 0.6) is 0 Å². The summed E-state index contributed by atoms with van der Waals surface area (Å²) >= 11 is 0. The van der Waals surface area contributed by atoms with E-state index < -0.39 is 47.6 Å². The highest BCUT2D eigenvalue weighted by Crippen LogP contribution is 2.21. The minimum Gasteiger partial charge on any atom is -0.481 e. The predicted octanol–water partition coefficient (Wildman–Crippen LogP) is -0.609. The molecule has 16 nitrogen and oxygen atoms in total. The van der Waals surface area contributed by atoms with Gasteiger partial charge in [0, 0.05) is 64.3 Å². The zero-order valence-corrected chi connectivity index (χ0v) is 25.5. The Bertz CT molecular complexity index is 1080. The highest BCUT2D eigenvalue weighted by molar-refractivity contribution is 6.12. The molecule has 2 rings (SSSR count). The standard InChI is InChI=1S/C29H45N5O11/c35-23(30-10-13-34-24(36)8-9-25(34)37)7-6-22(29(44)45)33-12-2-1-4-21(18-26(38)39)5-3-11-31(19-27(40)41)14-15-32(16-17-33)20-28(42)43/h8-9,21-22H,1-7,10-20H2,(H,30,35)(H,38,39)(H,40,41)(H,42,43)(H,44,45). The van der Waals surface area contributed by atoms with E-state index in [-0.39, 0.29) is 77.5 Å². The van der Waals surface area contributed by atoms with Crippen LogP contribution in [0.3, 0.4) is 0 Å². The molecule has 0 aromatic heterocycles. The van der Waals surface area contributed by atoms with Crippen molar-refractivity contribution in [2.45, 2.75) is 57.4 Å². The normalized spacial score (nSPS) is 20.7. The number of imide groups is 1. The number of aliphatic carboxylic acids is 4. The predicted molar refractivity (Wildman–Crippen MR) is 158 cm³/mol. The first-order valence-electron chi connectivity index (χ1n) is 15.2. The van der Waals surface area contributed by atoms with Gasteiger partial charge in [0.2, 0.25) is 5.91 Å². The summed E-state index contributed by atoms with van der Waals surface area (Å²) in [5.74, 6) is -5.72. The maximum Gasteiger partial charge on any atom is 0.320 e. The zero-order chi connectivity index (χ0) is 33.4. The van der Waals surface area contributed by atoms with E-state index in [4.69, 9.17) is 0 Å². The number of carboxylic acid groups (broad SMARTS) is 4. The van der Waals surface area contributed by atoms with Crippen molar-refractivity contribution in [1.29, 1.82) is 0 Å². The van der Waals surface area contributed by atoms with Gasteiger partial charge < -0.3 is 25.7 Å². The average Bonchev–Trinajstić information content (AvgIpc) is 3.26. The smallest absolute Gasteiger partial charge is 0.320 e. The summed E-state index contributed by atoms with van der Waals surface area (Å²) in [4.78, 5) is 88.7. The van der Waals surface area contributed by atoms with Crippen molar-refractivity contribution < 1.29 is 54.0 Å². The van der Waals surface area contributed by atoms with Gasteiger partial charge in [-0.2, -0.15) is 0 Å². The lowest BCUT2D eigenvalue weighted by atomic mass is 9.93. The fourth-order valence-corrected chi connectivity index (χ4v) is 5.62. The first-order valence-corrected chi connectivity index (χ1v) is 15.2. The van der Waals surface area contributed by atoms with Gasteiger partial charge in [-0.25, -0.2) is 0 Å². The van der Waals surface area contributed by atoms with Crippen LogP contribution in [0.4, 0.5) is 0 Å². The second-order valence-electron chi connectivity index (χ2n) is 11.4. The molecule has 1 saturated heterocycles. The van der Waals surface area contributed by atoms with Crippen molar-refractivity contribution in [2.75, 3.05) is 65.4 Å². The molecule has 0 bridgehead atoms. The number of hydrogen-bond donors (Lipinski definition) is 5. The fraction of sp³-hybridized carbons (Fsp3) is 0.690. The first-order chi connectivity index (χ1) is 21.3. The maximum atomic E-state index is 12.5. The molecule has 2 aliphatic rings. The fourth-order valence-electron chi connectivity index (χ4n) is 5.62. The van der Waals surface area contributed by atoms with Crippen molar-refractivity contribution in [3.8, 4) is 0 Å². The van der Waals surface area contributed by atoms with E-state index >= 15 is 0 Å². The first kappa shape index (κ1) is 37.3. The molecule has 2 atom stereocenters. The van der Waals surface area contributed by atoms with Gasteiger partial charge in [0.15, 0.2) is 0 Å². The number of carbonyl (C=O) groups is 7. The van der Waals surface area contributed by atoms with Crippen molar-refractivity contribution in [1.82, 2.24) is 24.9 Å². The van der Waals surface area contributed by atoms with Crippen LogP contribution in [0.15, 0.2) is 12.2 Å². The van der Waals surface area contributed by atoms with Crippen molar-refractivity contribution in [3.05, 3.63) is 12.2 Å². The summed E-state index contributed by atoms with van der Waals surface area (Å²) in [6.07, 6.45) is 5.01. The van der Waals surface area contributed by atoms with Crippen LogP contribution in [0.1, 0.15) is 51.4 Å². The molecular weight excluding hydrogens is 594 g/mol. The Morgan fingerprint density at radius 2 is 1.33 bits per heavy atom. The number of nitrogens with one attached hydrogen (secondary N) is 1. The van der Waals surface area contributed by atoms with Crippen molar-refractivity contribution in [3.63, 3.8) is 0 Å². The van der Waals surface area contributed by atoms with E-state index in [0.717, 1.165) is 17.1 Å². The van der Waals surface area contributed by atoms with Gasteiger partial charge in [-0.1, -0.05) is 6.42 Å². The van der Waals surface area contributed by atoms with Crippen LogP contribution < -0.4 is 5.32 Å². The third-order valence-electron chi connectivity index (χ3n) is 7.94. The van der Waals surface area contributed by atoms with Crippen LogP contribution in [0.25, 0.3) is 0 Å². The highest BCUT2D eigenvalue weighted by atomic mass is 16.4. The van der Waals surface area contributed by atoms with Crippen molar-refractivity contribution >= 4 is 41.6 Å². The summed E-state index contributed by atoms with van der Waals surface area (Å²) in [6, 6.07) is -1.07. The van der Waals surface area contributed by atoms with Gasteiger partial charge in [-0.15, -0.1) is 0 Å². The van der Waals surface area contributed by atoms with Gasteiger partial charge in [0.1, 0.15) is 6.04 Å². The van der Waals surface area contributed by atoms with Gasteiger partial charge in [-0.3, -0.25) is 53.2 Å². The Morgan fingerprint density at radius 1 is 0.756 bits per heavy atom. The van der Waals surface area contributed by atoms with E-state index in [1.54, 1.807) is 14.7 Å². The minimum absolute atomic E-state index is 0.0139. The zero-order valence-electron chi connectivity index (χ0n) is 25.5. The number of carbonyl (C=O) groups excluding carboxylic acids is 3. The van der Waals surface area contributed by atoms with Crippen LogP contribution in [0, 0.1) is 5.92 Å². The minimum atomic E-state index is -1.15. The van der Waals surface area contributed by atoms with Crippen LogP contribution in [-0.4, -0.2) is 153 Å². The summed E-state index contributed by atoms with van der Waals surface area (Å²) in [6.45, 7) is 1.02. The second kappa shape index (κ2) is 19.5. The van der Waals surface area contributed by atoms with Crippen LogP contribution in [-0.2, 0) is 33.6 Å². The van der Waals surface area contributed by atoms with Crippen molar-refractivity contribution in [2.24, 2.45) is 5.92 Å². The van der Waals surface area contributed by atoms with E-state index in [1.165, 1.54) is 0 Å². The molecule has 5 N–H and O–H groups in total. The number of nitrogens with zero attached hydrogens (tertiary/aromatic N) is 4. The Morgan fingerprint density at radius 3 is 1.91 bits per heavy atom. The molecule has 0 spiro atoms. The van der Waals surface area contributed by atoms with E-state index in [0.29, 0.717) is 45.2 Å². The lowest BCUT2D eigenvalue weighted by molar-refractivity contribution is -0.145. The topological polar surface area (TPSA) is 225 Å². The van der Waals surface area contributed by atoms with Gasteiger partial charge in [-0.05, 0) is 51.1 Å². The monoisotopic (exact) mass is 639 g/mol. The molecule has 1 fully saturated rings. The Labute approximate surface area is 261 Å². The summed E-state index contributed by atoms with van der Waals surface area (Å²) in [5.41, 5.74) is 0. The van der Waals surface area contributed by atoms with E-state index in [1.807, 2.05) is 0 Å². The molecular formula is C29H45N5O11. The average molecular weight is 640 g/mol. The lowest BCUT2D eigenvalue weighted by Crippen LogP contribution is -2.48. The molecule has 0 aromatic rings. The van der Waals surface area contributed by atoms with Crippen LogP contribution in [0.2, 0.25) is 0 Å². The highest BCUT2D eigenvalue weighted by Gasteiger charge is 2.28. The van der Waals surface area contributed by atoms with Gasteiger partial charge >= 0.3 is 23.9 Å². The molecule has 2 aliphatic heterocycles. The second-order valence-corrected chi connectivity index (χ2v) is 11.4.